The van der Waals surface area contributed by atoms with Gasteiger partial charge in [-0.05, 0) is 37.5 Å². The third kappa shape index (κ3) is 10.7. The van der Waals surface area contributed by atoms with Gasteiger partial charge in [0.25, 0.3) is 0 Å². The van der Waals surface area contributed by atoms with Crippen LogP contribution in [0, 0.1) is 0 Å². The van der Waals surface area contributed by atoms with Gasteiger partial charge in [-0.2, -0.15) is 0 Å². The fraction of sp³-hybridized carbons (Fsp3) is 0.611. The van der Waals surface area contributed by atoms with Crippen LogP contribution in [0.5, 0.6) is 0 Å². The second-order valence-corrected chi connectivity index (χ2v) is 7.93. The molecule has 0 radical (unpaired) electrons. The summed E-state index contributed by atoms with van der Waals surface area (Å²) in [6.45, 7) is 6.71. The number of benzene rings is 1. The van der Waals surface area contributed by atoms with Crippen LogP contribution >= 0.6 is 24.0 Å². The lowest BCUT2D eigenvalue weighted by Crippen LogP contribution is -2.38. The summed E-state index contributed by atoms with van der Waals surface area (Å²) in [7, 11) is -3.12. The Morgan fingerprint density at radius 3 is 2.28 bits per heavy atom. The molecule has 0 aromatic heterocycles. The zero-order valence-electron chi connectivity index (χ0n) is 15.5. The third-order valence-corrected chi connectivity index (χ3v) is 4.81. The lowest BCUT2D eigenvalue weighted by Gasteiger charge is -2.11. The van der Waals surface area contributed by atoms with Crippen LogP contribution in [0.3, 0.4) is 0 Å². The molecule has 0 bridgehead atoms. The van der Waals surface area contributed by atoms with Crippen LogP contribution in [0.1, 0.15) is 45.1 Å². The van der Waals surface area contributed by atoms with Gasteiger partial charge in [-0.3, -0.25) is 4.99 Å². The molecular formula is C18H32IN3O2S. The van der Waals surface area contributed by atoms with Crippen molar-refractivity contribution in [1.82, 2.24) is 10.6 Å². The largest absolute Gasteiger partial charge is 0.357 e. The molecule has 0 unspecified atom stereocenters. The molecule has 0 atom stereocenters. The molecule has 1 aromatic carbocycles. The highest BCUT2D eigenvalue weighted by Crippen LogP contribution is 2.10. The molecule has 2 N–H and O–H groups in total. The molecule has 7 heteroatoms. The topological polar surface area (TPSA) is 70.6 Å². The molecule has 144 valence electrons. The average Bonchev–Trinajstić information content (AvgIpc) is 2.54. The summed E-state index contributed by atoms with van der Waals surface area (Å²) >= 11 is 0. The number of hydrogen-bond acceptors (Lipinski definition) is 3. The zero-order valence-corrected chi connectivity index (χ0v) is 18.7. The molecular weight excluding hydrogens is 449 g/mol. The van der Waals surface area contributed by atoms with Crippen molar-refractivity contribution in [3.8, 4) is 0 Å². The van der Waals surface area contributed by atoms with E-state index < -0.39 is 9.84 Å². The molecule has 0 saturated heterocycles. The Labute approximate surface area is 170 Å². The van der Waals surface area contributed by atoms with E-state index in [4.69, 9.17) is 0 Å². The standard InChI is InChI=1S/C18H31N3O2S.HI/c1-4-6-7-8-14-20-18(19-5-2)21-15-13-16-9-11-17(12-10-16)24(3,22)23;/h9-12H,4-8,13-15H2,1-3H3,(H2,19,20,21);1H. The first-order valence-electron chi connectivity index (χ1n) is 8.78. The molecule has 25 heavy (non-hydrogen) atoms. The van der Waals surface area contributed by atoms with Gasteiger partial charge in [0.15, 0.2) is 15.8 Å². The lowest BCUT2D eigenvalue weighted by molar-refractivity contribution is 0.602. The average molecular weight is 481 g/mol. The van der Waals surface area contributed by atoms with Gasteiger partial charge in [0.1, 0.15) is 0 Å². The van der Waals surface area contributed by atoms with Crippen molar-refractivity contribution in [2.45, 2.75) is 50.8 Å². The Kier molecular flexibility index (Phi) is 12.9. The smallest absolute Gasteiger partial charge is 0.191 e. The van der Waals surface area contributed by atoms with Gasteiger partial charge in [-0.25, -0.2) is 8.42 Å². The van der Waals surface area contributed by atoms with Crippen LogP contribution < -0.4 is 10.6 Å². The Morgan fingerprint density at radius 1 is 1.04 bits per heavy atom. The number of guanidine groups is 1. The van der Waals surface area contributed by atoms with E-state index in [2.05, 4.69) is 29.5 Å². The van der Waals surface area contributed by atoms with Crippen LogP contribution in [0.2, 0.25) is 0 Å². The predicted octanol–water partition coefficient (Wildman–Crippen LogP) is 3.39. The molecule has 0 amide bonds. The summed E-state index contributed by atoms with van der Waals surface area (Å²) in [6.07, 6.45) is 6.90. The Hall–Kier alpha value is -0.830. The summed E-state index contributed by atoms with van der Waals surface area (Å²) in [5, 5.41) is 6.57. The number of aliphatic imine (C=N–C) groups is 1. The highest BCUT2D eigenvalue weighted by Gasteiger charge is 2.06. The molecule has 1 rings (SSSR count). The van der Waals surface area contributed by atoms with Gasteiger partial charge in [0, 0.05) is 25.9 Å². The molecule has 0 aliphatic carbocycles. The van der Waals surface area contributed by atoms with Crippen LogP contribution in [-0.4, -0.2) is 40.3 Å². The van der Waals surface area contributed by atoms with Crippen molar-refractivity contribution >= 4 is 39.8 Å². The first-order chi connectivity index (χ1) is 11.5. The maximum Gasteiger partial charge on any atom is 0.191 e. The van der Waals surface area contributed by atoms with E-state index in [9.17, 15) is 8.42 Å². The Bertz CT molecular complexity index is 601. The van der Waals surface area contributed by atoms with E-state index in [0.29, 0.717) is 4.90 Å². The van der Waals surface area contributed by atoms with Crippen LogP contribution in [0.4, 0.5) is 0 Å². The molecule has 5 nitrogen and oxygen atoms in total. The molecule has 0 aliphatic rings. The molecule has 1 aromatic rings. The zero-order chi connectivity index (χ0) is 17.8. The number of nitrogens with one attached hydrogen (secondary N) is 2. The van der Waals surface area contributed by atoms with Crippen LogP contribution in [0.25, 0.3) is 0 Å². The third-order valence-electron chi connectivity index (χ3n) is 3.68. The minimum Gasteiger partial charge on any atom is -0.357 e. The van der Waals surface area contributed by atoms with Crippen LogP contribution in [0.15, 0.2) is 34.2 Å². The van der Waals surface area contributed by atoms with Crippen molar-refractivity contribution in [3.05, 3.63) is 29.8 Å². The van der Waals surface area contributed by atoms with Gasteiger partial charge in [-0.15, -0.1) is 24.0 Å². The number of sulfone groups is 1. The second-order valence-electron chi connectivity index (χ2n) is 5.91. The van der Waals surface area contributed by atoms with Crippen molar-refractivity contribution < 1.29 is 8.42 Å². The lowest BCUT2D eigenvalue weighted by atomic mass is 10.1. The van der Waals surface area contributed by atoms with E-state index in [1.54, 1.807) is 12.1 Å². The first-order valence-corrected chi connectivity index (χ1v) is 10.7. The van der Waals surface area contributed by atoms with E-state index in [1.807, 2.05) is 12.1 Å². The Balaban J connectivity index is 0.00000576. The van der Waals surface area contributed by atoms with Gasteiger partial charge < -0.3 is 10.6 Å². The molecule has 0 aliphatic heterocycles. The number of rotatable bonds is 10. The summed E-state index contributed by atoms with van der Waals surface area (Å²) in [6, 6.07) is 7.06. The van der Waals surface area contributed by atoms with Gasteiger partial charge >= 0.3 is 0 Å². The highest BCUT2D eigenvalue weighted by molar-refractivity contribution is 14.0. The highest BCUT2D eigenvalue weighted by atomic mass is 127. The molecule has 0 fully saturated rings. The summed E-state index contributed by atoms with van der Waals surface area (Å²) in [5.74, 6) is 0.849. The summed E-state index contributed by atoms with van der Waals surface area (Å²) in [5.41, 5.74) is 1.11. The fourth-order valence-electron chi connectivity index (χ4n) is 2.30. The monoisotopic (exact) mass is 481 g/mol. The number of hydrogen-bond donors (Lipinski definition) is 2. The maximum absolute atomic E-state index is 11.4. The van der Waals surface area contributed by atoms with Crippen molar-refractivity contribution in [1.29, 1.82) is 0 Å². The fourth-order valence-corrected chi connectivity index (χ4v) is 2.93. The van der Waals surface area contributed by atoms with Crippen molar-refractivity contribution in [2.24, 2.45) is 4.99 Å². The van der Waals surface area contributed by atoms with Gasteiger partial charge in [0.2, 0.25) is 0 Å². The SMILES string of the molecule is CCCCCCN=C(NCC)NCCc1ccc(S(C)(=O)=O)cc1.I. The Morgan fingerprint density at radius 2 is 1.72 bits per heavy atom. The summed E-state index contributed by atoms with van der Waals surface area (Å²) in [4.78, 5) is 4.94. The normalized spacial score (nSPS) is 11.7. The molecule has 0 heterocycles. The minimum absolute atomic E-state index is 0. The number of nitrogens with zero attached hydrogens (tertiary/aromatic N) is 1. The van der Waals surface area contributed by atoms with E-state index in [0.717, 1.165) is 44.0 Å². The van der Waals surface area contributed by atoms with E-state index in [1.165, 1.54) is 25.5 Å². The summed E-state index contributed by atoms with van der Waals surface area (Å²) < 4.78 is 22.9. The second kappa shape index (κ2) is 13.4. The van der Waals surface area contributed by atoms with Gasteiger partial charge in [-0.1, -0.05) is 38.3 Å². The van der Waals surface area contributed by atoms with Crippen LogP contribution in [-0.2, 0) is 16.3 Å². The van der Waals surface area contributed by atoms with E-state index in [-0.39, 0.29) is 24.0 Å². The van der Waals surface area contributed by atoms with E-state index >= 15 is 0 Å². The van der Waals surface area contributed by atoms with Crippen molar-refractivity contribution in [3.63, 3.8) is 0 Å². The minimum atomic E-state index is -3.12. The molecule has 0 spiro atoms. The first kappa shape index (κ1) is 24.2. The quantitative estimate of drug-likeness (QED) is 0.233. The maximum atomic E-state index is 11.4. The number of halogens is 1. The van der Waals surface area contributed by atoms with Crippen molar-refractivity contribution in [2.75, 3.05) is 25.9 Å². The number of unbranched alkanes of at least 4 members (excludes halogenated alkanes) is 3. The predicted molar refractivity (Wildman–Crippen MR) is 117 cm³/mol. The molecule has 0 saturated carbocycles. The van der Waals surface area contributed by atoms with Gasteiger partial charge in [0.05, 0.1) is 4.90 Å².